The number of rotatable bonds is 8. The van der Waals surface area contributed by atoms with Gasteiger partial charge in [-0.05, 0) is 26.3 Å². The molecular formula is C19H27N3O6. The summed E-state index contributed by atoms with van der Waals surface area (Å²) < 4.78 is 9.71. The van der Waals surface area contributed by atoms with Crippen molar-refractivity contribution in [3.05, 3.63) is 35.9 Å². The Bertz CT molecular complexity index is 685. The zero-order chi connectivity index (χ0) is 21.2. The van der Waals surface area contributed by atoms with Crippen molar-refractivity contribution in [3.8, 4) is 0 Å². The van der Waals surface area contributed by atoms with Crippen molar-refractivity contribution in [2.75, 3.05) is 20.2 Å². The van der Waals surface area contributed by atoms with E-state index in [1.165, 1.54) is 7.11 Å². The number of ether oxygens (including phenoxy) is 2. The second kappa shape index (κ2) is 10.9. The predicted octanol–water partition coefficient (Wildman–Crippen LogP) is 0.528. The number of hydrogen-bond acceptors (Lipinski definition) is 6. The number of esters is 1. The van der Waals surface area contributed by atoms with Crippen molar-refractivity contribution in [1.29, 1.82) is 0 Å². The van der Waals surface area contributed by atoms with Gasteiger partial charge in [-0.15, -0.1) is 0 Å². The smallest absolute Gasteiger partial charge is 0.408 e. The maximum absolute atomic E-state index is 12.0. The van der Waals surface area contributed by atoms with Gasteiger partial charge in [0.2, 0.25) is 11.8 Å². The summed E-state index contributed by atoms with van der Waals surface area (Å²) in [5.74, 6) is -1.72. The predicted molar refractivity (Wildman–Crippen MR) is 101 cm³/mol. The summed E-state index contributed by atoms with van der Waals surface area (Å²) in [7, 11) is 1.23. The molecule has 0 aromatic heterocycles. The van der Waals surface area contributed by atoms with Crippen LogP contribution in [0, 0.1) is 0 Å². The Morgan fingerprint density at radius 1 is 0.964 bits per heavy atom. The molecule has 9 heteroatoms. The number of carbonyl (C=O) groups is 4. The molecule has 9 nitrogen and oxygen atoms in total. The zero-order valence-corrected chi connectivity index (χ0v) is 16.5. The molecule has 3 N–H and O–H groups in total. The number of amides is 3. The highest BCUT2D eigenvalue weighted by Gasteiger charge is 2.22. The number of benzene rings is 1. The molecule has 0 fully saturated rings. The van der Waals surface area contributed by atoms with Gasteiger partial charge in [0.05, 0.1) is 13.7 Å². The van der Waals surface area contributed by atoms with E-state index in [9.17, 15) is 19.2 Å². The monoisotopic (exact) mass is 393 g/mol. The Hall–Kier alpha value is -3.10. The third kappa shape index (κ3) is 9.56. The normalized spacial score (nSPS) is 11.7. The Labute approximate surface area is 164 Å². The average Bonchev–Trinajstić information content (AvgIpc) is 2.63. The van der Waals surface area contributed by atoms with Crippen LogP contribution in [0.3, 0.4) is 0 Å². The molecule has 0 aliphatic heterocycles. The number of carbonyl (C=O) groups excluding carboxylic acids is 4. The van der Waals surface area contributed by atoms with Gasteiger partial charge >= 0.3 is 12.1 Å². The number of hydrogen-bond donors (Lipinski definition) is 3. The highest BCUT2D eigenvalue weighted by molar-refractivity contribution is 5.89. The molecule has 0 aliphatic carbocycles. The van der Waals surface area contributed by atoms with Gasteiger partial charge in [0.15, 0.2) is 0 Å². The molecule has 1 atom stereocenters. The zero-order valence-electron chi connectivity index (χ0n) is 16.5. The van der Waals surface area contributed by atoms with Crippen molar-refractivity contribution in [2.24, 2.45) is 0 Å². The third-order valence-corrected chi connectivity index (χ3v) is 3.34. The van der Waals surface area contributed by atoms with Crippen molar-refractivity contribution in [2.45, 2.75) is 38.8 Å². The second-order valence-corrected chi connectivity index (χ2v) is 6.97. The molecule has 1 aromatic rings. The minimum Gasteiger partial charge on any atom is -0.467 e. The van der Waals surface area contributed by atoms with Crippen LogP contribution >= 0.6 is 0 Å². The lowest BCUT2D eigenvalue weighted by molar-refractivity contribution is -0.145. The van der Waals surface area contributed by atoms with E-state index >= 15 is 0 Å². The SMILES string of the molecule is COC(=O)[C@H](Cc1ccccc1)NC(=O)CNC(=O)CNC(=O)OC(C)(C)C. The summed E-state index contributed by atoms with van der Waals surface area (Å²) in [6.45, 7) is 4.40. The molecule has 0 saturated carbocycles. The van der Waals surface area contributed by atoms with Crippen molar-refractivity contribution in [1.82, 2.24) is 16.0 Å². The molecule has 0 bridgehead atoms. The van der Waals surface area contributed by atoms with Crippen LogP contribution < -0.4 is 16.0 Å². The van der Waals surface area contributed by atoms with Crippen LogP contribution in [0.4, 0.5) is 4.79 Å². The van der Waals surface area contributed by atoms with E-state index in [-0.39, 0.29) is 19.5 Å². The first-order valence-electron chi connectivity index (χ1n) is 8.75. The highest BCUT2D eigenvalue weighted by Crippen LogP contribution is 2.06. The first kappa shape index (κ1) is 22.9. The molecule has 0 saturated heterocycles. The summed E-state index contributed by atoms with van der Waals surface area (Å²) in [5, 5.41) is 7.17. The fraction of sp³-hybridized carbons (Fsp3) is 0.474. The van der Waals surface area contributed by atoms with Crippen molar-refractivity contribution >= 4 is 23.9 Å². The van der Waals surface area contributed by atoms with E-state index in [0.29, 0.717) is 0 Å². The van der Waals surface area contributed by atoms with E-state index < -0.39 is 35.5 Å². The van der Waals surface area contributed by atoms with Gasteiger partial charge < -0.3 is 25.4 Å². The van der Waals surface area contributed by atoms with Gasteiger partial charge in [-0.3, -0.25) is 9.59 Å². The number of methoxy groups -OCH3 is 1. The van der Waals surface area contributed by atoms with Gasteiger partial charge in [0.1, 0.15) is 18.2 Å². The molecule has 0 heterocycles. The molecule has 1 aromatic carbocycles. The second-order valence-electron chi connectivity index (χ2n) is 6.97. The molecule has 28 heavy (non-hydrogen) atoms. The molecule has 0 radical (unpaired) electrons. The number of alkyl carbamates (subject to hydrolysis) is 1. The minimum absolute atomic E-state index is 0.257. The van der Waals surface area contributed by atoms with E-state index in [4.69, 9.17) is 9.47 Å². The minimum atomic E-state index is -0.878. The maximum Gasteiger partial charge on any atom is 0.408 e. The van der Waals surface area contributed by atoms with Crippen LogP contribution in [-0.4, -0.2) is 55.7 Å². The van der Waals surface area contributed by atoms with Gasteiger partial charge in [0.25, 0.3) is 0 Å². The largest absolute Gasteiger partial charge is 0.467 e. The Morgan fingerprint density at radius 2 is 1.57 bits per heavy atom. The molecule has 3 amide bonds. The van der Waals surface area contributed by atoms with Crippen LogP contribution in [-0.2, 0) is 30.3 Å². The van der Waals surface area contributed by atoms with E-state index in [0.717, 1.165) is 5.56 Å². The highest BCUT2D eigenvalue weighted by atomic mass is 16.6. The van der Waals surface area contributed by atoms with Gasteiger partial charge in [-0.1, -0.05) is 30.3 Å². The van der Waals surface area contributed by atoms with E-state index in [1.54, 1.807) is 20.8 Å². The topological polar surface area (TPSA) is 123 Å². The fourth-order valence-corrected chi connectivity index (χ4v) is 2.14. The maximum atomic E-state index is 12.0. The summed E-state index contributed by atoms with van der Waals surface area (Å²) in [6, 6.07) is 8.26. The van der Waals surface area contributed by atoms with Gasteiger partial charge in [0, 0.05) is 6.42 Å². The molecule has 0 unspecified atom stereocenters. The summed E-state index contributed by atoms with van der Waals surface area (Å²) in [5.41, 5.74) is 0.172. The van der Waals surface area contributed by atoms with Crippen LogP contribution in [0.15, 0.2) is 30.3 Å². The van der Waals surface area contributed by atoms with E-state index in [1.807, 2.05) is 30.3 Å². The summed E-state index contributed by atoms with van der Waals surface area (Å²) in [6.07, 6.45) is -0.478. The van der Waals surface area contributed by atoms with Crippen LogP contribution in [0.25, 0.3) is 0 Å². The van der Waals surface area contributed by atoms with Crippen molar-refractivity contribution < 1.29 is 28.7 Å². The van der Waals surface area contributed by atoms with Gasteiger partial charge in [-0.25, -0.2) is 9.59 Å². The van der Waals surface area contributed by atoms with Crippen LogP contribution in [0.2, 0.25) is 0 Å². The average molecular weight is 393 g/mol. The molecule has 1 rings (SSSR count). The molecular weight excluding hydrogens is 366 g/mol. The lowest BCUT2D eigenvalue weighted by Gasteiger charge is -2.19. The van der Waals surface area contributed by atoms with Crippen LogP contribution in [0.1, 0.15) is 26.3 Å². The Kier molecular flexibility index (Phi) is 8.94. The van der Waals surface area contributed by atoms with Crippen LogP contribution in [0.5, 0.6) is 0 Å². The van der Waals surface area contributed by atoms with E-state index in [2.05, 4.69) is 16.0 Å². The first-order valence-corrected chi connectivity index (χ1v) is 8.75. The summed E-state index contributed by atoms with van der Waals surface area (Å²) >= 11 is 0. The summed E-state index contributed by atoms with van der Waals surface area (Å²) in [4.78, 5) is 47.2. The lowest BCUT2D eigenvalue weighted by Crippen LogP contribution is -2.48. The third-order valence-electron chi connectivity index (χ3n) is 3.34. The van der Waals surface area contributed by atoms with Gasteiger partial charge in [-0.2, -0.15) is 0 Å². The Balaban J connectivity index is 2.44. The first-order chi connectivity index (χ1) is 13.1. The number of nitrogens with one attached hydrogen (secondary N) is 3. The molecule has 0 aliphatic rings. The van der Waals surface area contributed by atoms with Crippen molar-refractivity contribution in [3.63, 3.8) is 0 Å². The molecule has 154 valence electrons. The molecule has 0 spiro atoms. The standard InChI is InChI=1S/C19H27N3O6/c1-19(2,3)28-18(26)21-11-15(23)20-12-16(24)22-14(17(25)27-4)10-13-8-6-5-7-9-13/h5-9,14H,10-12H2,1-4H3,(H,20,23)(H,21,26)(H,22,24)/t14-/m0/s1. The fourth-order valence-electron chi connectivity index (χ4n) is 2.14. The quantitative estimate of drug-likeness (QED) is 0.554. The lowest BCUT2D eigenvalue weighted by atomic mass is 10.1. The Morgan fingerprint density at radius 3 is 2.14 bits per heavy atom.